The number of nitrogens with zero attached hydrogens (tertiary/aromatic N) is 2. The Morgan fingerprint density at radius 2 is 2.12 bits per heavy atom. The van der Waals surface area contributed by atoms with Crippen molar-refractivity contribution in [3.05, 3.63) is 29.8 Å². The Kier molecular flexibility index (Phi) is 5.13. The molecule has 0 aromatic carbocycles. The zero-order valence-electron chi connectivity index (χ0n) is 19.1. The number of hydrogen-bond acceptors (Lipinski definition) is 5. The van der Waals surface area contributed by atoms with Gasteiger partial charge in [0.1, 0.15) is 6.04 Å². The van der Waals surface area contributed by atoms with E-state index < -0.39 is 25.0 Å². The molecule has 3 saturated carbocycles. The second kappa shape index (κ2) is 7.52. The predicted octanol–water partition coefficient (Wildman–Crippen LogP) is 2.60. The second-order valence-corrected chi connectivity index (χ2v) is 10.6. The van der Waals surface area contributed by atoms with Crippen LogP contribution in [0.25, 0.3) is 0 Å². The standard InChI is InChI=1S/C23H31BFN3O4/c1-13(27-20(29)14-7-8-26-19(25)10-14)21(30)28-9-5-6-18(28)24-31-17-12-15-11-16(22(15,2)3)23(17,4)32-24/h7-8,10,13,15-18H,5-6,9,11-12H2,1-4H3,(H,27,29)/t13-,15+,16+,17-,18+,23+/m1/s1. The van der Waals surface area contributed by atoms with Gasteiger partial charge in [0.15, 0.2) is 0 Å². The van der Waals surface area contributed by atoms with Gasteiger partial charge in [0.25, 0.3) is 5.91 Å². The monoisotopic (exact) mass is 443 g/mol. The molecular weight excluding hydrogens is 412 g/mol. The van der Waals surface area contributed by atoms with E-state index in [0.717, 1.165) is 25.3 Å². The van der Waals surface area contributed by atoms with Gasteiger partial charge in [-0.2, -0.15) is 4.39 Å². The van der Waals surface area contributed by atoms with Crippen molar-refractivity contribution in [3.63, 3.8) is 0 Å². The van der Waals surface area contributed by atoms with Crippen molar-refractivity contribution in [1.29, 1.82) is 0 Å². The van der Waals surface area contributed by atoms with E-state index in [1.165, 1.54) is 18.7 Å². The molecule has 2 aliphatic heterocycles. The van der Waals surface area contributed by atoms with E-state index in [1.807, 2.05) is 0 Å². The lowest BCUT2D eigenvalue weighted by Crippen LogP contribution is -2.65. The highest BCUT2D eigenvalue weighted by Crippen LogP contribution is 2.65. The number of carbonyl (C=O) groups is 2. The number of hydrogen-bond donors (Lipinski definition) is 1. The van der Waals surface area contributed by atoms with Crippen LogP contribution >= 0.6 is 0 Å². The van der Waals surface area contributed by atoms with E-state index in [1.54, 1.807) is 11.8 Å². The Bertz CT molecular complexity index is 946. The third-order valence-electron chi connectivity index (χ3n) is 8.57. The van der Waals surface area contributed by atoms with Crippen LogP contribution in [0.5, 0.6) is 0 Å². The number of pyridine rings is 1. The van der Waals surface area contributed by atoms with Crippen LogP contribution in [0.2, 0.25) is 0 Å². The first-order valence-corrected chi connectivity index (χ1v) is 11.7. The quantitative estimate of drug-likeness (QED) is 0.572. The molecule has 0 spiro atoms. The number of aromatic nitrogens is 1. The molecule has 0 unspecified atom stereocenters. The summed E-state index contributed by atoms with van der Waals surface area (Å²) >= 11 is 0. The molecule has 2 saturated heterocycles. The summed E-state index contributed by atoms with van der Waals surface area (Å²) in [6.07, 6.45) is 5.17. The van der Waals surface area contributed by atoms with Crippen LogP contribution in [0, 0.1) is 23.2 Å². The van der Waals surface area contributed by atoms with Gasteiger partial charge < -0.3 is 19.5 Å². The largest absolute Gasteiger partial charge is 0.481 e. The number of amides is 2. The van der Waals surface area contributed by atoms with Crippen LogP contribution in [-0.4, -0.2) is 59.0 Å². The van der Waals surface area contributed by atoms with Crippen LogP contribution in [0.4, 0.5) is 4.39 Å². The highest BCUT2D eigenvalue weighted by molar-refractivity contribution is 6.48. The van der Waals surface area contributed by atoms with Crippen molar-refractivity contribution in [2.75, 3.05) is 6.54 Å². The van der Waals surface area contributed by atoms with Crippen molar-refractivity contribution in [1.82, 2.24) is 15.2 Å². The minimum atomic E-state index is -0.745. The highest BCUT2D eigenvalue weighted by Gasteiger charge is 2.69. The topological polar surface area (TPSA) is 80.8 Å². The van der Waals surface area contributed by atoms with Gasteiger partial charge in [-0.3, -0.25) is 9.59 Å². The number of carbonyl (C=O) groups excluding carboxylic acids is 2. The van der Waals surface area contributed by atoms with Crippen LogP contribution in [0.15, 0.2) is 18.3 Å². The first-order chi connectivity index (χ1) is 15.1. The van der Waals surface area contributed by atoms with Gasteiger partial charge in [-0.25, -0.2) is 4.98 Å². The fourth-order valence-corrected chi connectivity index (χ4v) is 6.55. The second-order valence-electron chi connectivity index (χ2n) is 10.6. The molecule has 1 N–H and O–H groups in total. The first kappa shape index (κ1) is 21.8. The zero-order chi connectivity index (χ0) is 22.8. The third kappa shape index (κ3) is 3.27. The molecule has 2 amide bonds. The molecule has 32 heavy (non-hydrogen) atoms. The van der Waals surface area contributed by atoms with Crippen molar-refractivity contribution in [2.24, 2.45) is 17.3 Å². The summed E-state index contributed by atoms with van der Waals surface area (Å²) in [5, 5.41) is 2.69. The van der Waals surface area contributed by atoms with Crippen LogP contribution in [0.1, 0.15) is 63.7 Å². The molecule has 3 aliphatic carbocycles. The molecule has 5 aliphatic rings. The first-order valence-electron chi connectivity index (χ1n) is 11.7. The maximum Gasteiger partial charge on any atom is 0.481 e. The highest BCUT2D eigenvalue weighted by atomic mass is 19.1. The number of rotatable bonds is 4. The molecule has 2 bridgehead atoms. The fraction of sp³-hybridized carbons (Fsp3) is 0.696. The van der Waals surface area contributed by atoms with Crippen molar-refractivity contribution >= 4 is 18.9 Å². The molecule has 7 nitrogen and oxygen atoms in total. The van der Waals surface area contributed by atoms with Gasteiger partial charge in [0, 0.05) is 24.4 Å². The molecule has 1 aromatic rings. The maximum atomic E-state index is 13.3. The van der Waals surface area contributed by atoms with Gasteiger partial charge in [-0.15, -0.1) is 0 Å². The summed E-state index contributed by atoms with van der Waals surface area (Å²) in [6, 6.07) is 1.73. The summed E-state index contributed by atoms with van der Waals surface area (Å²) in [5.41, 5.74) is 0.0851. The van der Waals surface area contributed by atoms with Gasteiger partial charge in [0.05, 0.1) is 17.6 Å². The Labute approximate surface area is 188 Å². The molecule has 0 radical (unpaired) electrons. The summed E-state index contributed by atoms with van der Waals surface area (Å²) in [5.74, 6) is -0.439. The Hall–Kier alpha value is -2.00. The smallest absolute Gasteiger partial charge is 0.404 e. The summed E-state index contributed by atoms with van der Waals surface area (Å²) in [4.78, 5) is 30.9. The number of halogens is 1. The predicted molar refractivity (Wildman–Crippen MR) is 116 cm³/mol. The minimum absolute atomic E-state index is 0.0699. The van der Waals surface area contributed by atoms with Crippen LogP contribution in [0.3, 0.4) is 0 Å². The average molecular weight is 443 g/mol. The normalized spacial score (nSPS) is 35.8. The molecule has 172 valence electrons. The zero-order valence-corrected chi connectivity index (χ0v) is 19.1. The van der Waals surface area contributed by atoms with Crippen molar-refractivity contribution in [3.8, 4) is 0 Å². The molecule has 6 atom stereocenters. The van der Waals surface area contributed by atoms with E-state index in [-0.39, 0.29) is 34.5 Å². The molecule has 3 heterocycles. The number of likely N-dealkylation sites (tertiary alicyclic amines) is 1. The lowest BCUT2D eigenvalue weighted by atomic mass is 9.43. The van der Waals surface area contributed by atoms with E-state index >= 15 is 0 Å². The molecular formula is C23H31BFN3O4. The van der Waals surface area contributed by atoms with Gasteiger partial charge in [-0.1, -0.05) is 13.8 Å². The van der Waals surface area contributed by atoms with E-state index in [4.69, 9.17) is 9.31 Å². The summed E-state index contributed by atoms with van der Waals surface area (Å²) in [6.45, 7) is 9.10. The lowest BCUT2D eigenvalue weighted by Gasteiger charge is -2.64. The van der Waals surface area contributed by atoms with Crippen molar-refractivity contribution in [2.45, 2.75) is 77.1 Å². The maximum absolute atomic E-state index is 13.3. The van der Waals surface area contributed by atoms with Gasteiger partial charge >= 0.3 is 7.12 Å². The van der Waals surface area contributed by atoms with Crippen LogP contribution < -0.4 is 5.32 Å². The Morgan fingerprint density at radius 1 is 1.34 bits per heavy atom. The molecule has 6 rings (SSSR count). The Balaban J connectivity index is 1.26. The SMILES string of the molecule is C[C@@H](NC(=O)c1ccnc(F)c1)C(=O)N1CCC[C@H]1B1O[C@@H]2C[C@@H]3C[C@@H](C3(C)C)[C@]2(C)O1. The van der Waals surface area contributed by atoms with Crippen molar-refractivity contribution < 1.29 is 23.3 Å². The molecule has 5 fully saturated rings. The summed E-state index contributed by atoms with van der Waals surface area (Å²) in [7, 11) is -0.441. The van der Waals surface area contributed by atoms with Gasteiger partial charge in [-0.05, 0) is 62.8 Å². The summed E-state index contributed by atoms with van der Waals surface area (Å²) < 4.78 is 26.3. The van der Waals surface area contributed by atoms with Gasteiger partial charge in [0.2, 0.25) is 11.9 Å². The third-order valence-corrected chi connectivity index (χ3v) is 8.57. The lowest BCUT2D eigenvalue weighted by molar-refractivity contribution is -0.199. The molecule has 1 aromatic heterocycles. The van der Waals surface area contributed by atoms with E-state index in [9.17, 15) is 14.0 Å². The van der Waals surface area contributed by atoms with Crippen LogP contribution in [-0.2, 0) is 14.1 Å². The molecule has 9 heteroatoms. The Morgan fingerprint density at radius 3 is 2.84 bits per heavy atom. The number of nitrogens with one attached hydrogen (secondary N) is 1. The fourth-order valence-electron chi connectivity index (χ4n) is 6.55. The minimum Gasteiger partial charge on any atom is -0.404 e. The van der Waals surface area contributed by atoms with E-state index in [0.29, 0.717) is 18.4 Å². The average Bonchev–Trinajstić information content (AvgIpc) is 3.36. The van der Waals surface area contributed by atoms with E-state index in [2.05, 4.69) is 31.1 Å².